The van der Waals surface area contributed by atoms with Crippen LogP contribution in [0.4, 0.5) is 4.79 Å². The Balaban J connectivity index is 2.34. The number of phenolic OH excluding ortho intramolecular Hbond substituents is 1. The first-order chi connectivity index (χ1) is 12.1. The van der Waals surface area contributed by atoms with Crippen LogP contribution in [0, 0.1) is 0 Å². The summed E-state index contributed by atoms with van der Waals surface area (Å²) in [6.45, 7) is 5.23. The van der Waals surface area contributed by atoms with Crippen LogP contribution in [0.1, 0.15) is 32.8 Å². The molecule has 1 heterocycles. The maximum atomic E-state index is 13.1. The van der Waals surface area contributed by atoms with Gasteiger partial charge in [0, 0.05) is 13.0 Å². The van der Waals surface area contributed by atoms with Gasteiger partial charge in [-0.3, -0.25) is 9.59 Å². The van der Waals surface area contributed by atoms with E-state index in [0.29, 0.717) is 5.56 Å². The monoisotopic (exact) mass is 364 g/mol. The second kappa shape index (κ2) is 7.23. The van der Waals surface area contributed by atoms with Crippen LogP contribution in [0.3, 0.4) is 0 Å². The second-order valence-corrected chi connectivity index (χ2v) is 7.13. The fourth-order valence-electron chi connectivity index (χ4n) is 2.83. The highest BCUT2D eigenvalue weighted by atomic mass is 16.6. The van der Waals surface area contributed by atoms with Crippen molar-refractivity contribution in [2.45, 2.75) is 38.3 Å². The SMILES string of the molecule is COC(=O)CN1CCC(NC(=O)OC(C)(C)C)(c2ccc(O)cc2)C1=O. The van der Waals surface area contributed by atoms with Gasteiger partial charge in [-0.15, -0.1) is 0 Å². The molecule has 0 bridgehead atoms. The molecule has 0 saturated carbocycles. The highest BCUT2D eigenvalue weighted by Gasteiger charge is 2.50. The Labute approximate surface area is 152 Å². The highest BCUT2D eigenvalue weighted by Crippen LogP contribution is 2.34. The molecule has 2 rings (SSSR count). The minimum Gasteiger partial charge on any atom is -0.508 e. The van der Waals surface area contributed by atoms with Crippen LogP contribution >= 0.6 is 0 Å². The molecule has 1 unspecified atom stereocenters. The molecule has 2 amide bonds. The van der Waals surface area contributed by atoms with Gasteiger partial charge in [0.05, 0.1) is 7.11 Å². The van der Waals surface area contributed by atoms with Crippen molar-refractivity contribution in [3.63, 3.8) is 0 Å². The number of rotatable bonds is 4. The third kappa shape index (κ3) is 4.25. The lowest BCUT2D eigenvalue weighted by molar-refractivity contribution is -0.146. The van der Waals surface area contributed by atoms with Crippen LogP contribution in [0.2, 0.25) is 0 Å². The summed E-state index contributed by atoms with van der Waals surface area (Å²) in [4.78, 5) is 38.3. The number of amides is 2. The van der Waals surface area contributed by atoms with Crippen molar-refractivity contribution in [2.75, 3.05) is 20.2 Å². The fraction of sp³-hybridized carbons (Fsp3) is 0.500. The molecule has 0 radical (unpaired) electrons. The van der Waals surface area contributed by atoms with Gasteiger partial charge in [-0.25, -0.2) is 4.79 Å². The van der Waals surface area contributed by atoms with Gasteiger partial charge in [-0.1, -0.05) is 12.1 Å². The zero-order valence-corrected chi connectivity index (χ0v) is 15.4. The van der Waals surface area contributed by atoms with E-state index in [9.17, 15) is 19.5 Å². The van der Waals surface area contributed by atoms with Gasteiger partial charge in [-0.05, 0) is 38.5 Å². The van der Waals surface area contributed by atoms with Crippen LogP contribution in [-0.2, 0) is 24.6 Å². The van der Waals surface area contributed by atoms with Crippen molar-refractivity contribution in [3.8, 4) is 5.75 Å². The maximum Gasteiger partial charge on any atom is 0.408 e. The van der Waals surface area contributed by atoms with Crippen molar-refractivity contribution < 1.29 is 29.0 Å². The predicted molar refractivity (Wildman–Crippen MR) is 92.4 cm³/mol. The minimum absolute atomic E-state index is 0.0398. The summed E-state index contributed by atoms with van der Waals surface area (Å²) >= 11 is 0. The van der Waals surface area contributed by atoms with E-state index in [1.807, 2.05) is 0 Å². The smallest absolute Gasteiger partial charge is 0.408 e. The lowest BCUT2D eigenvalue weighted by Crippen LogP contribution is -2.53. The standard InChI is InChI=1S/C18H24N2O6/c1-17(2,3)26-16(24)19-18(12-5-7-13(21)8-6-12)9-10-20(15(18)23)11-14(22)25-4/h5-8,21H,9-11H2,1-4H3,(H,19,24). The minimum atomic E-state index is -1.37. The normalized spacial score (nSPS) is 20.0. The predicted octanol–water partition coefficient (Wildman–Crippen LogP) is 1.52. The zero-order valence-electron chi connectivity index (χ0n) is 15.4. The number of methoxy groups -OCH3 is 1. The molecule has 1 saturated heterocycles. The van der Waals surface area contributed by atoms with E-state index in [-0.39, 0.29) is 25.3 Å². The first kappa shape index (κ1) is 19.6. The Morgan fingerprint density at radius 3 is 2.42 bits per heavy atom. The highest BCUT2D eigenvalue weighted by molar-refractivity contribution is 5.95. The van der Waals surface area contributed by atoms with Gasteiger partial charge >= 0.3 is 12.1 Å². The number of phenols is 1. The maximum absolute atomic E-state index is 13.1. The largest absolute Gasteiger partial charge is 0.508 e. The lowest BCUT2D eigenvalue weighted by atomic mass is 9.88. The zero-order chi connectivity index (χ0) is 19.5. The van der Waals surface area contributed by atoms with Crippen LogP contribution < -0.4 is 5.32 Å². The number of nitrogens with one attached hydrogen (secondary N) is 1. The number of likely N-dealkylation sites (tertiary alicyclic amines) is 1. The van der Waals surface area contributed by atoms with Gasteiger partial charge in [0.25, 0.3) is 5.91 Å². The van der Waals surface area contributed by atoms with E-state index in [2.05, 4.69) is 10.1 Å². The molecular formula is C18H24N2O6. The summed E-state index contributed by atoms with van der Waals surface area (Å²) in [6, 6.07) is 5.99. The Morgan fingerprint density at radius 1 is 1.27 bits per heavy atom. The number of benzene rings is 1. The van der Waals surface area contributed by atoms with E-state index in [4.69, 9.17) is 4.74 Å². The van der Waals surface area contributed by atoms with Crippen LogP contribution in [0.15, 0.2) is 24.3 Å². The van der Waals surface area contributed by atoms with E-state index in [1.54, 1.807) is 32.9 Å². The molecule has 1 aromatic carbocycles. The summed E-state index contributed by atoms with van der Waals surface area (Å²) in [5.41, 5.74) is -1.60. The Kier molecular flexibility index (Phi) is 5.44. The molecule has 1 fully saturated rings. The third-order valence-electron chi connectivity index (χ3n) is 4.03. The van der Waals surface area contributed by atoms with Gasteiger partial charge in [-0.2, -0.15) is 0 Å². The topological polar surface area (TPSA) is 105 Å². The summed E-state index contributed by atoms with van der Waals surface area (Å²) < 4.78 is 9.91. The number of hydrogen-bond donors (Lipinski definition) is 2. The van der Waals surface area contributed by atoms with Crippen molar-refractivity contribution in [1.82, 2.24) is 10.2 Å². The molecule has 8 nitrogen and oxygen atoms in total. The number of nitrogens with zero attached hydrogens (tertiary/aromatic N) is 1. The first-order valence-electron chi connectivity index (χ1n) is 8.24. The molecule has 0 aromatic heterocycles. The van der Waals surface area contributed by atoms with Crippen molar-refractivity contribution in [3.05, 3.63) is 29.8 Å². The molecular weight excluding hydrogens is 340 g/mol. The van der Waals surface area contributed by atoms with Crippen molar-refractivity contribution in [1.29, 1.82) is 0 Å². The van der Waals surface area contributed by atoms with Gasteiger partial charge < -0.3 is 24.8 Å². The van der Waals surface area contributed by atoms with Crippen LogP contribution in [0.25, 0.3) is 0 Å². The van der Waals surface area contributed by atoms with E-state index in [0.717, 1.165) is 0 Å². The number of esters is 1. The Morgan fingerprint density at radius 2 is 1.88 bits per heavy atom. The number of hydrogen-bond acceptors (Lipinski definition) is 6. The molecule has 8 heteroatoms. The summed E-state index contributed by atoms with van der Waals surface area (Å²) in [5, 5.41) is 12.2. The summed E-state index contributed by atoms with van der Waals surface area (Å²) in [7, 11) is 1.25. The number of carbonyl (C=O) groups is 3. The van der Waals surface area contributed by atoms with Gasteiger partial charge in [0.15, 0.2) is 0 Å². The average molecular weight is 364 g/mol. The molecule has 0 aliphatic carbocycles. The molecule has 142 valence electrons. The second-order valence-electron chi connectivity index (χ2n) is 7.13. The van der Waals surface area contributed by atoms with E-state index in [1.165, 1.54) is 24.1 Å². The first-order valence-corrected chi connectivity index (χ1v) is 8.24. The van der Waals surface area contributed by atoms with E-state index >= 15 is 0 Å². The number of ether oxygens (including phenoxy) is 2. The van der Waals surface area contributed by atoms with Crippen LogP contribution in [-0.4, -0.2) is 53.8 Å². The van der Waals surface area contributed by atoms with Gasteiger partial charge in [0.1, 0.15) is 23.4 Å². The molecule has 1 aliphatic rings. The molecule has 1 aromatic rings. The Hall–Kier alpha value is -2.77. The number of alkyl carbamates (subject to hydrolysis) is 1. The number of aromatic hydroxyl groups is 1. The quantitative estimate of drug-likeness (QED) is 0.785. The summed E-state index contributed by atoms with van der Waals surface area (Å²) in [5.74, 6) is -0.936. The molecule has 0 spiro atoms. The number of carbonyl (C=O) groups excluding carboxylic acids is 3. The van der Waals surface area contributed by atoms with Crippen molar-refractivity contribution >= 4 is 18.0 Å². The van der Waals surface area contributed by atoms with Gasteiger partial charge in [0.2, 0.25) is 0 Å². The fourth-order valence-corrected chi connectivity index (χ4v) is 2.83. The summed E-state index contributed by atoms with van der Waals surface area (Å²) in [6.07, 6.45) is -0.480. The molecule has 2 N–H and O–H groups in total. The molecule has 1 atom stereocenters. The third-order valence-corrected chi connectivity index (χ3v) is 4.03. The average Bonchev–Trinajstić information content (AvgIpc) is 2.84. The molecule has 26 heavy (non-hydrogen) atoms. The lowest BCUT2D eigenvalue weighted by Gasteiger charge is -2.31. The van der Waals surface area contributed by atoms with Crippen molar-refractivity contribution in [2.24, 2.45) is 0 Å². The molecule has 1 aliphatic heterocycles. The Bertz CT molecular complexity index is 695. The van der Waals surface area contributed by atoms with Crippen LogP contribution in [0.5, 0.6) is 5.75 Å². The van der Waals surface area contributed by atoms with E-state index < -0.39 is 29.1 Å².